The molecule has 4 rings (SSSR count). The Morgan fingerprint density at radius 3 is 2.48 bits per heavy atom. The van der Waals surface area contributed by atoms with Gasteiger partial charge in [-0.05, 0) is 37.1 Å². The van der Waals surface area contributed by atoms with E-state index in [1.807, 2.05) is 0 Å². The molecule has 1 aliphatic heterocycles. The van der Waals surface area contributed by atoms with Gasteiger partial charge in [0.2, 0.25) is 6.79 Å². The van der Waals surface area contributed by atoms with E-state index in [1.54, 1.807) is 36.4 Å². The monoisotopic (exact) mass is 367 g/mol. The zero-order valence-corrected chi connectivity index (χ0v) is 14.9. The maximum absolute atomic E-state index is 12.5. The van der Waals surface area contributed by atoms with E-state index in [0.29, 0.717) is 17.2 Å². The van der Waals surface area contributed by atoms with Gasteiger partial charge in [0.15, 0.2) is 11.5 Å². The minimum atomic E-state index is -0.388. The standard InChI is InChI=1S/C20H21N3O4/c24-19(21-13-5-2-1-3-6-13)15-7-4-8-16(23-15)20(25)22-14-9-10-17-18(11-14)27-12-26-17/h4,7-11,13H,1-3,5-6,12H2,(H,21,24)(H,22,25). The van der Waals surface area contributed by atoms with Crippen LogP contribution in [0.25, 0.3) is 0 Å². The predicted octanol–water partition coefficient (Wildman–Crippen LogP) is 3.13. The van der Waals surface area contributed by atoms with Crippen molar-refractivity contribution in [1.82, 2.24) is 10.3 Å². The number of nitrogens with one attached hydrogen (secondary N) is 2. The van der Waals surface area contributed by atoms with Crippen molar-refractivity contribution in [1.29, 1.82) is 0 Å². The van der Waals surface area contributed by atoms with Crippen molar-refractivity contribution in [3.63, 3.8) is 0 Å². The topological polar surface area (TPSA) is 89.5 Å². The van der Waals surface area contributed by atoms with Crippen LogP contribution in [0.15, 0.2) is 36.4 Å². The number of hydrogen-bond acceptors (Lipinski definition) is 5. The van der Waals surface area contributed by atoms with E-state index in [1.165, 1.54) is 6.42 Å². The van der Waals surface area contributed by atoms with Crippen molar-refractivity contribution < 1.29 is 19.1 Å². The fourth-order valence-electron chi connectivity index (χ4n) is 3.36. The lowest BCUT2D eigenvalue weighted by molar-refractivity contribution is 0.0922. The molecule has 2 N–H and O–H groups in total. The number of nitrogens with zero attached hydrogens (tertiary/aromatic N) is 1. The summed E-state index contributed by atoms with van der Waals surface area (Å²) in [5.74, 6) is 0.606. The average molecular weight is 367 g/mol. The quantitative estimate of drug-likeness (QED) is 0.867. The molecule has 27 heavy (non-hydrogen) atoms. The lowest BCUT2D eigenvalue weighted by atomic mass is 9.95. The number of carbonyl (C=O) groups excluding carboxylic acids is 2. The third-order valence-corrected chi connectivity index (χ3v) is 4.79. The van der Waals surface area contributed by atoms with Gasteiger partial charge in [0, 0.05) is 17.8 Å². The molecule has 0 spiro atoms. The van der Waals surface area contributed by atoms with E-state index in [2.05, 4.69) is 15.6 Å². The molecule has 1 aliphatic carbocycles. The Labute approximate surface area is 157 Å². The van der Waals surface area contributed by atoms with Crippen molar-refractivity contribution >= 4 is 17.5 Å². The molecule has 0 atom stereocenters. The molecule has 1 aromatic carbocycles. The third-order valence-electron chi connectivity index (χ3n) is 4.79. The van der Waals surface area contributed by atoms with Gasteiger partial charge < -0.3 is 20.1 Å². The summed E-state index contributed by atoms with van der Waals surface area (Å²) in [6.07, 6.45) is 5.49. The molecule has 2 heterocycles. The van der Waals surface area contributed by atoms with Crippen molar-refractivity contribution in [3.8, 4) is 11.5 Å². The van der Waals surface area contributed by atoms with E-state index >= 15 is 0 Å². The Morgan fingerprint density at radius 1 is 0.926 bits per heavy atom. The summed E-state index contributed by atoms with van der Waals surface area (Å²) >= 11 is 0. The van der Waals surface area contributed by atoms with Crippen LogP contribution in [0, 0.1) is 0 Å². The Hall–Kier alpha value is -3.09. The summed E-state index contributed by atoms with van der Waals surface area (Å²) in [6.45, 7) is 0.173. The van der Waals surface area contributed by atoms with Crippen molar-refractivity contribution in [2.45, 2.75) is 38.1 Å². The normalized spacial score (nSPS) is 16.0. The van der Waals surface area contributed by atoms with Crippen molar-refractivity contribution in [3.05, 3.63) is 47.8 Å². The van der Waals surface area contributed by atoms with Crippen LogP contribution in [0.3, 0.4) is 0 Å². The van der Waals surface area contributed by atoms with Gasteiger partial charge in [-0.15, -0.1) is 0 Å². The molecule has 7 heteroatoms. The Balaban J connectivity index is 1.43. The highest BCUT2D eigenvalue weighted by Gasteiger charge is 2.19. The number of pyridine rings is 1. The van der Waals surface area contributed by atoms with Gasteiger partial charge in [0.25, 0.3) is 11.8 Å². The van der Waals surface area contributed by atoms with Crippen LogP contribution in [0.4, 0.5) is 5.69 Å². The first-order valence-electron chi connectivity index (χ1n) is 9.18. The molecular weight excluding hydrogens is 346 g/mol. The number of benzene rings is 1. The van der Waals surface area contributed by atoms with Crippen LogP contribution < -0.4 is 20.1 Å². The highest BCUT2D eigenvalue weighted by atomic mass is 16.7. The second-order valence-electron chi connectivity index (χ2n) is 6.74. The summed E-state index contributed by atoms with van der Waals surface area (Å²) in [7, 11) is 0. The lowest BCUT2D eigenvalue weighted by Gasteiger charge is -2.22. The summed E-state index contributed by atoms with van der Waals surface area (Å²) in [5.41, 5.74) is 1.01. The van der Waals surface area contributed by atoms with Crippen molar-refractivity contribution in [2.75, 3.05) is 12.1 Å². The van der Waals surface area contributed by atoms with Gasteiger partial charge in [-0.2, -0.15) is 0 Å². The molecule has 1 aromatic heterocycles. The minimum absolute atomic E-state index is 0.173. The molecule has 7 nitrogen and oxygen atoms in total. The number of hydrogen-bond donors (Lipinski definition) is 2. The van der Waals surface area contributed by atoms with Gasteiger partial charge >= 0.3 is 0 Å². The van der Waals surface area contributed by atoms with E-state index in [4.69, 9.17) is 9.47 Å². The summed E-state index contributed by atoms with van der Waals surface area (Å²) in [6, 6.07) is 10.2. The SMILES string of the molecule is O=C(Nc1ccc2c(c1)OCO2)c1cccc(C(=O)NC2CCCCC2)n1. The highest BCUT2D eigenvalue weighted by Crippen LogP contribution is 2.34. The van der Waals surface area contributed by atoms with E-state index in [9.17, 15) is 9.59 Å². The first kappa shape index (κ1) is 17.3. The smallest absolute Gasteiger partial charge is 0.274 e. The lowest BCUT2D eigenvalue weighted by Crippen LogP contribution is -2.36. The number of amides is 2. The van der Waals surface area contributed by atoms with E-state index in [-0.39, 0.29) is 36.0 Å². The highest BCUT2D eigenvalue weighted by molar-refractivity contribution is 6.04. The fraction of sp³-hybridized carbons (Fsp3) is 0.350. The number of fused-ring (bicyclic) bond motifs is 1. The average Bonchev–Trinajstić information content (AvgIpc) is 3.16. The molecule has 2 aliphatic rings. The van der Waals surface area contributed by atoms with Crippen LogP contribution in [0.2, 0.25) is 0 Å². The summed E-state index contributed by atoms with van der Waals surface area (Å²) in [5, 5.41) is 5.78. The van der Waals surface area contributed by atoms with Crippen molar-refractivity contribution in [2.24, 2.45) is 0 Å². The summed E-state index contributed by atoms with van der Waals surface area (Å²) < 4.78 is 10.6. The van der Waals surface area contributed by atoms with Gasteiger partial charge in [-0.25, -0.2) is 4.98 Å². The molecule has 140 valence electrons. The van der Waals surface area contributed by atoms with Crippen LogP contribution in [0.5, 0.6) is 11.5 Å². The van der Waals surface area contributed by atoms with Crippen LogP contribution >= 0.6 is 0 Å². The fourth-order valence-corrected chi connectivity index (χ4v) is 3.36. The third kappa shape index (κ3) is 4.02. The molecule has 0 unspecified atom stereocenters. The molecule has 0 bridgehead atoms. The maximum atomic E-state index is 12.5. The number of ether oxygens (including phenoxy) is 2. The molecule has 1 fully saturated rings. The molecule has 2 amide bonds. The number of anilines is 1. The predicted molar refractivity (Wildman–Crippen MR) is 99.1 cm³/mol. The zero-order valence-electron chi connectivity index (χ0n) is 14.9. The number of aromatic nitrogens is 1. The van der Waals surface area contributed by atoms with Crippen LogP contribution in [-0.2, 0) is 0 Å². The Kier molecular flexibility index (Phi) is 4.91. The first-order valence-corrected chi connectivity index (χ1v) is 9.18. The molecule has 2 aromatic rings. The molecular formula is C20H21N3O4. The zero-order chi connectivity index (χ0) is 18.6. The second-order valence-corrected chi connectivity index (χ2v) is 6.74. The number of rotatable bonds is 4. The van der Waals surface area contributed by atoms with Gasteiger partial charge in [-0.3, -0.25) is 9.59 Å². The van der Waals surface area contributed by atoms with Crippen LogP contribution in [0.1, 0.15) is 53.1 Å². The second kappa shape index (κ2) is 7.65. The van der Waals surface area contributed by atoms with Gasteiger partial charge in [0.1, 0.15) is 11.4 Å². The molecule has 0 radical (unpaired) electrons. The largest absolute Gasteiger partial charge is 0.454 e. The minimum Gasteiger partial charge on any atom is -0.454 e. The first-order chi connectivity index (χ1) is 13.2. The molecule has 0 saturated heterocycles. The van der Waals surface area contributed by atoms with E-state index in [0.717, 1.165) is 25.7 Å². The van der Waals surface area contributed by atoms with Gasteiger partial charge in [0.05, 0.1) is 0 Å². The Morgan fingerprint density at radius 2 is 1.67 bits per heavy atom. The maximum Gasteiger partial charge on any atom is 0.274 e. The Bertz CT molecular complexity index is 862. The number of carbonyl (C=O) groups is 2. The molecule has 1 saturated carbocycles. The van der Waals surface area contributed by atoms with Gasteiger partial charge in [-0.1, -0.05) is 25.3 Å². The van der Waals surface area contributed by atoms with E-state index < -0.39 is 0 Å². The van der Waals surface area contributed by atoms with Crippen LogP contribution in [-0.4, -0.2) is 29.6 Å². The summed E-state index contributed by atoms with van der Waals surface area (Å²) in [4.78, 5) is 29.2.